The number of phenolic OH excluding ortho intramolecular Hbond substituents is 1. The molecule has 0 amide bonds. The van der Waals surface area contributed by atoms with Crippen molar-refractivity contribution in [2.24, 2.45) is 0 Å². The van der Waals surface area contributed by atoms with Crippen molar-refractivity contribution in [3.8, 4) is 5.75 Å². The lowest BCUT2D eigenvalue weighted by Gasteiger charge is -2.05. The molecule has 102 valence electrons. The summed E-state index contributed by atoms with van der Waals surface area (Å²) in [5.41, 5.74) is 2.23. The van der Waals surface area contributed by atoms with Gasteiger partial charge in [0.25, 0.3) is 0 Å². The maximum Gasteiger partial charge on any atom is 0.119 e. The van der Waals surface area contributed by atoms with Gasteiger partial charge in [0, 0.05) is 0 Å². The molecule has 0 radical (unpaired) electrons. The number of aromatic hydroxyl groups is 1. The highest BCUT2D eigenvalue weighted by Crippen LogP contribution is 2.21. The van der Waals surface area contributed by atoms with Gasteiger partial charge in [0.05, 0.1) is 0 Å². The standard InChI is InChI=1S/C17H28O/c1-3-4-5-6-7-8-9-10-11-16-13-12-15(2)14-17(16)18/h12-14,18H,3-11H2,1-2H3. The van der Waals surface area contributed by atoms with Crippen LogP contribution in [0.15, 0.2) is 18.2 Å². The molecular formula is C17H28O. The zero-order valence-corrected chi connectivity index (χ0v) is 12.0. The number of hydrogen-bond acceptors (Lipinski definition) is 1. The molecule has 0 atom stereocenters. The van der Waals surface area contributed by atoms with Crippen molar-refractivity contribution in [1.29, 1.82) is 0 Å². The third kappa shape index (κ3) is 6.09. The van der Waals surface area contributed by atoms with Gasteiger partial charge in [-0.05, 0) is 37.0 Å². The third-order valence-electron chi connectivity index (χ3n) is 3.54. The van der Waals surface area contributed by atoms with E-state index in [2.05, 4.69) is 19.1 Å². The quantitative estimate of drug-likeness (QED) is 0.581. The molecule has 0 aliphatic carbocycles. The Kier molecular flexibility index (Phi) is 7.55. The van der Waals surface area contributed by atoms with E-state index in [0.717, 1.165) is 17.5 Å². The van der Waals surface area contributed by atoms with Crippen LogP contribution in [0.3, 0.4) is 0 Å². The lowest BCUT2D eigenvalue weighted by Crippen LogP contribution is -1.88. The van der Waals surface area contributed by atoms with Crippen LogP contribution in [0.4, 0.5) is 0 Å². The second-order valence-electron chi connectivity index (χ2n) is 5.36. The van der Waals surface area contributed by atoms with E-state index in [9.17, 15) is 5.11 Å². The van der Waals surface area contributed by atoms with Crippen molar-refractivity contribution in [2.45, 2.75) is 71.6 Å². The molecule has 0 spiro atoms. The molecule has 1 aromatic rings. The first kappa shape index (κ1) is 15.1. The van der Waals surface area contributed by atoms with Crippen LogP contribution in [0.2, 0.25) is 0 Å². The highest BCUT2D eigenvalue weighted by molar-refractivity contribution is 5.35. The first-order valence-corrected chi connectivity index (χ1v) is 7.52. The fourth-order valence-corrected chi connectivity index (χ4v) is 2.33. The van der Waals surface area contributed by atoms with Gasteiger partial charge in [0.1, 0.15) is 5.75 Å². The van der Waals surface area contributed by atoms with Crippen LogP contribution >= 0.6 is 0 Å². The number of hydrogen-bond donors (Lipinski definition) is 1. The van der Waals surface area contributed by atoms with E-state index < -0.39 is 0 Å². The van der Waals surface area contributed by atoms with Crippen LogP contribution in [-0.2, 0) is 6.42 Å². The molecule has 0 aliphatic rings. The Bertz CT molecular complexity index is 330. The fraction of sp³-hybridized carbons (Fsp3) is 0.647. The first-order chi connectivity index (χ1) is 8.74. The van der Waals surface area contributed by atoms with Crippen molar-refractivity contribution in [3.05, 3.63) is 29.3 Å². The molecule has 0 saturated carbocycles. The van der Waals surface area contributed by atoms with Gasteiger partial charge in [-0.15, -0.1) is 0 Å². The maximum absolute atomic E-state index is 9.79. The van der Waals surface area contributed by atoms with Crippen LogP contribution in [0.5, 0.6) is 5.75 Å². The average molecular weight is 248 g/mol. The molecule has 0 heterocycles. The van der Waals surface area contributed by atoms with Crippen molar-refractivity contribution >= 4 is 0 Å². The van der Waals surface area contributed by atoms with Gasteiger partial charge in [0.15, 0.2) is 0 Å². The maximum atomic E-state index is 9.79. The van der Waals surface area contributed by atoms with E-state index in [0.29, 0.717) is 5.75 Å². The second-order valence-corrected chi connectivity index (χ2v) is 5.36. The highest BCUT2D eigenvalue weighted by atomic mass is 16.3. The summed E-state index contributed by atoms with van der Waals surface area (Å²) < 4.78 is 0. The van der Waals surface area contributed by atoms with Gasteiger partial charge in [-0.25, -0.2) is 0 Å². The molecule has 0 bridgehead atoms. The summed E-state index contributed by atoms with van der Waals surface area (Å²) in [6.45, 7) is 4.27. The molecule has 0 aliphatic heterocycles. The Hall–Kier alpha value is -0.980. The molecule has 1 N–H and O–H groups in total. The van der Waals surface area contributed by atoms with E-state index in [1.165, 1.54) is 51.4 Å². The van der Waals surface area contributed by atoms with Crippen molar-refractivity contribution in [2.75, 3.05) is 0 Å². The molecule has 1 aromatic carbocycles. The summed E-state index contributed by atoms with van der Waals surface area (Å²) in [7, 11) is 0. The molecule has 0 saturated heterocycles. The molecule has 0 aromatic heterocycles. The summed E-state index contributed by atoms with van der Waals surface area (Å²) in [5.74, 6) is 0.470. The lowest BCUT2D eigenvalue weighted by atomic mass is 10.0. The molecule has 18 heavy (non-hydrogen) atoms. The van der Waals surface area contributed by atoms with E-state index in [1.54, 1.807) is 0 Å². The van der Waals surface area contributed by atoms with Gasteiger partial charge >= 0.3 is 0 Å². The molecule has 1 rings (SSSR count). The van der Waals surface area contributed by atoms with Gasteiger partial charge in [-0.1, -0.05) is 64.0 Å². The van der Waals surface area contributed by atoms with Gasteiger partial charge < -0.3 is 5.11 Å². The minimum Gasteiger partial charge on any atom is -0.508 e. The van der Waals surface area contributed by atoms with E-state index in [1.807, 2.05) is 13.0 Å². The van der Waals surface area contributed by atoms with E-state index in [-0.39, 0.29) is 0 Å². The Morgan fingerprint density at radius 2 is 1.50 bits per heavy atom. The molecule has 1 heteroatoms. The smallest absolute Gasteiger partial charge is 0.119 e. The van der Waals surface area contributed by atoms with Crippen molar-refractivity contribution in [3.63, 3.8) is 0 Å². The molecule has 0 fully saturated rings. The zero-order chi connectivity index (χ0) is 13.2. The van der Waals surface area contributed by atoms with E-state index >= 15 is 0 Å². The molecule has 1 nitrogen and oxygen atoms in total. The Balaban J connectivity index is 2.07. The Morgan fingerprint density at radius 1 is 0.889 bits per heavy atom. The number of unbranched alkanes of at least 4 members (excludes halogenated alkanes) is 7. The number of benzene rings is 1. The van der Waals surface area contributed by atoms with Crippen molar-refractivity contribution < 1.29 is 5.11 Å². The summed E-state index contributed by atoms with van der Waals surface area (Å²) in [4.78, 5) is 0. The fourth-order valence-electron chi connectivity index (χ4n) is 2.33. The predicted molar refractivity (Wildman–Crippen MR) is 79.2 cm³/mol. The summed E-state index contributed by atoms with van der Waals surface area (Å²) in [5, 5.41) is 9.79. The minimum atomic E-state index is 0.470. The average Bonchev–Trinajstić information content (AvgIpc) is 2.35. The van der Waals surface area contributed by atoms with E-state index in [4.69, 9.17) is 0 Å². The predicted octanol–water partition coefficient (Wildman–Crippen LogP) is 5.38. The summed E-state index contributed by atoms with van der Waals surface area (Å²) >= 11 is 0. The minimum absolute atomic E-state index is 0.470. The Morgan fingerprint density at radius 3 is 2.11 bits per heavy atom. The van der Waals surface area contributed by atoms with Crippen LogP contribution in [0.25, 0.3) is 0 Å². The van der Waals surface area contributed by atoms with Gasteiger partial charge in [0.2, 0.25) is 0 Å². The lowest BCUT2D eigenvalue weighted by molar-refractivity contribution is 0.465. The topological polar surface area (TPSA) is 20.2 Å². The second kappa shape index (κ2) is 9.02. The third-order valence-corrected chi connectivity index (χ3v) is 3.54. The summed E-state index contributed by atoms with van der Waals surface area (Å²) in [6.07, 6.45) is 11.7. The zero-order valence-electron chi connectivity index (χ0n) is 12.0. The van der Waals surface area contributed by atoms with Crippen LogP contribution < -0.4 is 0 Å². The largest absolute Gasteiger partial charge is 0.508 e. The number of aryl methyl sites for hydroxylation is 2. The van der Waals surface area contributed by atoms with Crippen LogP contribution in [-0.4, -0.2) is 5.11 Å². The monoisotopic (exact) mass is 248 g/mol. The molecule has 0 unspecified atom stereocenters. The van der Waals surface area contributed by atoms with Gasteiger partial charge in [-0.2, -0.15) is 0 Å². The summed E-state index contributed by atoms with van der Waals surface area (Å²) in [6, 6.07) is 6.01. The molecular weight excluding hydrogens is 220 g/mol. The normalized spacial score (nSPS) is 10.8. The number of phenols is 1. The highest BCUT2D eigenvalue weighted by Gasteiger charge is 2.00. The Labute approximate surface area is 112 Å². The number of rotatable bonds is 9. The van der Waals surface area contributed by atoms with Crippen LogP contribution in [0, 0.1) is 6.92 Å². The van der Waals surface area contributed by atoms with Crippen LogP contribution in [0.1, 0.15) is 69.4 Å². The first-order valence-electron chi connectivity index (χ1n) is 7.52. The van der Waals surface area contributed by atoms with Crippen molar-refractivity contribution in [1.82, 2.24) is 0 Å². The van der Waals surface area contributed by atoms with Gasteiger partial charge in [-0.3, -0.25) is 0 Å². The SMILES string of the molecule is CCCCCCCCCCc1ccc(C)cc1O.